The van der Waals surface area contributed by atoms with Gasteiger partial charge in [0.1, 0.15) is 0 Å². The smallest absolute Gasteiger partial charge is 0.311 e. The number of hydrogen-bond donors (Lipinski definition) is 0. The normalized spacial score (nSPS) is 10.2. The summed E-state index contributed by atoms with van der Waals surface area (Å²) in [6.07, 6.45) is 8.10. The van der Waals surface area contributed by atoms with Gasteiger partial charge < -0.3 is 9.05 Å². The van der Waals surface area contributed by atoms with Gasteiger partial charge in [-0.05, 0) is 12.8 Å². The fraction of sp³-hybridized carbons (Fsp3) is 1.00. The van der Waals surface area contributed by atoms with Crippen LogP contribution in [-0.4, -0.2) is 13.2 Å². The summed E-state index contributed by atoms with van der Waals surface area (Å²) in [4.78, 5) is 0. The van der Waals surface area contributed by atoms with Crippen LogP contribution in [0, 0.1) is 0 Å². The molecule has 0 radical (unpaired) electrons. The van der Waals surface area contributed by atoms with Crippen LogP contribution in [0.3, 0.4) is 0 Å². The third-order valence-corrected chi connectivity index (χ3v) is 3.02. The van der Waals surface area contributed by atoms with E-state index in [1.54, 1.807) is 0 Å². The van der Waals surface area contributed by atoms with E-state index >= 15 is 0 Å². The second-order valence-electron chi connectivity index (χ2n) is 4.01. The molecule has 4 heteroatoms. The molecule has 0 rings (SSSR count). The summed E-state index contributed by atoms with van der Waals surface area (Å²) in [6, 6.07) is 0. The molecular weight excluding hydrogens is 235 g/mol. The third-order valence-electron chi connectivity index (χ3n) is 2.14. The van der Waals surface area contributed by atoms with E-state index in [0.717, 1.165) is 25.7 Å². The Morgan fingerprint density at radius 2 is 1.06 bits per heavy atom. The van der Waals surface area contributed by atoms with Crippen molar-refractivity contribution in [2.45, 2.75) is 72.6 Å². The highest BCUT2D eigenvalue weighted by Gasteiger charge is 1.97. The first-order valence-corrected chi connectivity index (χ1v) is 8.24. The lowest BCUT2D eigenvalue weighted by atomic mass is 10.3. The van der Waals surface area contributed by atoms with Gasteiger partial charge in [0.05, 0.1) is 13.2 Å². The number of unbranched alkanes of at least 4 members (excludes halogenated alkanes) is 4. The van der Waals surface area contributed by atoms with Crippen molar-refractivity contribution in [3.05, 3.63) is 0 Å². The fourth-order valence-electron chi connectivity index (χ4n) is 0.995. The molecule has 0 saturated carbocycles. The second-order valence-corrected chi connectivity index (χ2v) is 5.08. The summed E-state index contributed by atoms with van der Waals surface area (Å²) in [5, 5.41) is 0. The Bertz CT molecular complexity index is 138. The molecule has 3 nitrogen and oxygen atoms in total. The molecule has 0 N–H and O–H groups in total. The van der Waals surface area contributed by atoms with Gasteiger partial charge in [-0.2, -0.15) is 0 Å². The molecule has 0 unspecified atom stereocenters. The molecule has 0 fully saturated rings. The van der Waals surface area contributed by atoms with E-state index in [9.17, 15) is 4.57 Å². The summed E-state index contributed by atoms with van der Waals surface area (Å²) in [5.41, 5.74) is 0. The lowest BCUT2D eigenvalue weighted by Crippen LogP contribution is -1.90. The lowest BCUT2D eigenvalue weighted by molar-refractivity contribution is 0.221. The zero-order valence-electron chi connectivity index (χ0n) is 12.1. The van der Waals surface area contributed by atoms with Gasteiger partial charge >= 0.3 is 8.25 Å². The average molecular weight is 266 g/mol. The van der Waals surface area contributed by atoms with Crippen LogP contribution < -0.4 is 0 Å². The first-order chi connectivity index (χ1) is 8.22. The third kappa shape index (κ3) is 21.9. The van der Waals surface area contributed by atoms with Gasteiger partial charge in [-0.1, -0.05) is 59.8 Å². The molecular formula is C13H31O3P. The molecule has 0 bridgehead atoms. The first-order valence-electron chi connectivity index (χ1n) is 7.02. The molecule has 106 valence electrons. The number of hydrogen-bond acceptors (Lipinski definition) is 3. The Morgan fingerprint density at radius 1 is 0.706 bits per heavy atom. The van der Waals surface area contributed by atoms with Crippen LogP contribution in [0.4, 0.5) is 0 Å². The van der Waals surface area contributed by atoms with E-state index in [1.165, 1.54) is 19.3 Å². The van der Waals surface area contributed by atoms with Crippen LogP contribution in [0.2, 0.25) is 0 Å². The van der Waals surface area contributed by atoms with Crippen LogP contribution in [0.1, 0.15) is 72.6 Å². The zero-order valence-corrected chi connectivity index (χ0v) is 13.1. The molecule has 0 atom stereocenters. The summed E-state index contributed by atoms with van der Waals surface area (Å²) >= 11 is 0. The highest BCUT2D eigenvalue weighted by molar-refractivity contribution is 7.33. The summed E-state index contributed by atoms with van der Waals surface area (Å²) in [6.45, 7) is 9.67. The molecule has 0 aromatic carbocycles. The maximum atomic E-state index is 10.9. The molecule has 0 saturated heterocycles. The van der Waals surface area contributed by atoms with Gasteiger partial charge in [-0.25, -0.2) is 0 Å². The lowest BCUT2D eigenvalue weighted by Gasteiger charge is -2.03. The number of rotatable bonds is 10. The topological polar surface area (TPSA) is 35.5 Å². The zero-order chi connectivity index (χ0) is 13.4. The molecule has 0 aliphatic heterocycles. The Balaban J connectivity index is 0. The minimum Gasteiger partial charge on any atom is -0.311 e. The molecule has 0 aliphatic rings. The molecule has 17 heavy (non-hydrogen) atoms. The Morgan fingerprint density at radius 3 is 1.29 bits per heavy atom. The minimum absolute atomic E-state index is 0.556. The molecule has 0 aromatic rings. The van der Waals surface area contributed by atoms with E-state index in [4.69, 9.17) is 9.05 Å². The highest BCUT2D eigenvalue weighted by Crippen LogP contribution is 2.24. The standard InChI is InChI=1S/C8H19O3P.C5H12/c1-3-5-7-10-12(9)11-8-6-4-2;1-3-5-4-2/h12H,3-8H2,1-2H3;3-5H2,1-2H3. The molecule has 0 heterocycles. The Hall–Kier alpha value is 0.150. The van der Waals surface area contributed by atoms with Crippen LogP contribution >= 0.6 is 8.25 Å². The van der Waals surface area contributed by atoms with Crippen molar-refractivity contribution < 1.29 is 13.6 Å². The monoisotopic (exact) mass is 266 g/mol. The Kier molecular flexibility index (Phi) is 21.2. The van der Waals surface area contributed by atoms with Gasteiger partial charge in [0.25, 0.3) is 0 Å². The van der Waals surface area contributed by atoms with Gasteiger partial charge in [-0.3, -0.25) is 4.57 Å². The largest absolute Gasteiger partial charge is 0.319 e. The van der Waals surface area contributed by atoms with Crippen LogP contribution in [0.5, 0.6) is 0 Å². The van der Waals surface area contributed by atoms with Gasteiger partial charge in [-0.15, -0.1) is 0 Å². The molecule has 0 aliphatic carbocycles. The van der Waals surface area contributed by atoms with Crippen molar-refractivity contribution in [2.75, 3.05) is 13.2 Å². The molecule has 0 spiro atoms. The minimum atomic E-state index is -2.18. The van der Waals surface area contributed by atoms with E-state index in [1.807, 2.05) is 0 Å². The Labute approximate surface area is 108 Å². The van der Waals surface area contributed by atoms with Crippen molar-refractivity contribution in [2.24, 2.45) is 0 Å². The highest BCUT2D eigenvalue weighted by atomic mass is 31.1. The van der Waals surface area contributed by atoms with Crippen molar-refractivity contribution >= 4 is 8.25 Å². The van der Waals surface area contributed by atoms with Crippen molar-refractivity contribution in [1.29, 1.82) is 0 Å². The summed E-state index contributed by atoms with van der Waals surface area (Å²) < 4.78 is 20.8. The average Bonchev–Trinajstić information content (AvgIpc) is 2.32. The van der Waals surface area contributed by atoms with Crippen LogP contribution in [-0.2, 0) is 13.6 Å². The van der Waals surface area contributed by atoms with E-state index in [2.05, 4.69) is 27.7 Å². The fourth-order valence-corrected chi connectivity index (χ4v) is 1.70. The maximum Gasteiger partial charge on any atom is 0.319 e. The van der Waals surface area contributed by atoms with Gasteiger partial charge in [0, 0.05) is 0 Å². The van der Waals surface area contributed by atoms with E-state index < -0.39 is 8.25 Å². The molecule has 0 amide bonds. The molecule has 0 aromatic heterocycles. The predicted molar refractivity (Wildman–Crippen MR) is 75.9 cm³/mol. The predicted octanol–water partition coefficient (Wildman–Crippen LogP) is 5.21. The van der Waals surface area contributed by atoms with Gasteiger partial charge in [0.2, 0.25) is 0 Å². The maximum absolute atomic E-state index is 10.9. The second kappa shape index (κ2) is 18.5. The van der Waals surface area contributed by atoms with E-state index in [0.29, 0.717) is 13.2 Å². The van der Waals surface area contributed by atoms with E-state index in [-0.39, 0.29) is 0 Å². The van der Waals surface area contributed by atoms with Gasteiger partial charge in [0.15, 0.2) is 0 Å². The van der Waals surface area contributed by atoms with Crippen LogP contribution in [0.25, 0.3) is 0 Å². The van der Waals surface area contributed by atoms with Crippen molar-refractivity contribution in [1.82, 2.24) is 0 Å². The summed E-state index contributed by atoms with van der Waals surface area (Å²) in [5.74, 6) is 0. The SMILES string of the molecule is CCCCC.CCCCO[PH](=O)OCCCC. The van der Waals surface area contributed by atoms with Crippen molar-refractivity contribution in [3.63, 3.8) is 0 Å². The first kappa shape index (κ1) is 19.5. The quantitative estimate of drug-likeness (QED) is 0.402. The van der Waals surface area contributed by atoms with Crippen LogP contribution in [0.15, 0.2) is 0 Å². The van der Waals surface area contributed by atoms with Crippen molar-refractivity contribution in [3.8, 4) is 0 Å². The summed E-state index contributed by atoms with van der Waals surface area (Å²) in [7, 11) is -2.18.